The normalized spacial score (nSPS) is 11.3. The molecule has 0 amide bonds. The first-order valence-electron chi connectivity index (χ1n) is 4.88. The van der Waals surface area contributed by atoms with Gasteiger partial charge in [0.05, 0.1) is 5.69 Å². The third-order valence-electron chi connectivity index (χ3n) is 2.00. The molecule has 1 heterocycles. The van der Waals surface area contributed by atoms with Gasteiger partial charge in [-0.05, 0) is 34.0 Å². The average molecular weight is 211 g/mol. The highest BCUT2D eigenvalue weighted by Crippen LogP contribution is 2.12. The van der Waals surface area contributed by atoms with E-state index < -0.39 is 5.97 Å². The van der Waals surface area contributed by atoms with Crippen molar-refractivity contribution in [2.45, 2.75) is 26.4 Å². The van der Waals surface area contributed by atoms with Crippen LogP contribution in [0.4, 0.5) is 0 Å². The van der Waals surface area contributed by atoms with E-state index in [0.29, 0.717) is 6.54 Å². The largest absolute Gasteiger partial charge is 0.476 e. The number of hydrogen-bond donors (Lipinski definition) is 1. The number of aromatic nitrogens is 2. The van der Waals surface area contributed by atoms with Crippen LogP contribution in [0.15, 0.2) is 6.07 Å². The van der Waals surface area contributed by atoms with E-state index in [4.69, 9.17) is 5.11 Å². The predicted molar refractivity (Wildman–Crippen MR) is 57.0 cm³/mol. The van der Waals surface area contributed by atoms with E-state index in [1.165, 1.54) is 0 Å². The second-order valence-corrected chi connectivity index (χ2v) is 4.10. The zero-order chi connectivity index (χ0) is 11.6. The first-order chi connectivity index (χ1) is 6.91. The second kappa shape index (κ2) is 4.44. The monoisotopic (exact) mass is 211 g/mol. The minimum atomic E-state index is -0.977. The van der Waals surface area contributed by atoms with Crippen LogP contribution in [-0.2, 0) is 6.54 Å². The number of rotatable bonds is 4. The third-order valence-corrected chi connectivity index (χ3v) is 2.00. The minimum Gasteiger partial charge on any atom is -0.476 e. The van der Waals surface area contributed by atoms with E-state index in [2.05, 4.69) is 5.10 Å². The Kier molecular flexibility index (Phi) is 3.47. The van der Waals surface area contributed by atoms with Crippen LogP contribution in [0.25, 0.3) is 0 Å². The molecule has 1 rings (SSSR count). The molecule has 0 unspecified atom stereocenters. The van der Waals surface area contributed by atoms with E-state index in [1.54, 1.807) is 10.7 Å². The van der Waals surface area contributed by atoms with Crippen LogP contribution in [0, 0.1) is 0 Å². The lowest BCUT2D eigenvalue weighted by molar-refractivity contribution is 0.0689. The van der Waals surface area contributed by atoms with E-state index in [1.807, 2.05) is 32.8 Å². The summed E-state index contributed by atoms with van der Waals surface area (Å²) in [6, 6.07) is 1.80. The number of aromatic carboxylic acids is 1. The molecule has 0 spiro atoms. The van der Waals surface area contributed by atoms with Crippen molar-refractivity contribution in [2.24, 2.45) is 0 Å². The Bertz CT molecular complexity index is 356. The molecule has 0 aliphatic rings. The molecule has 0 fully saturated rings. The molecule has 0 saturated carbocycles. The molecule has 5 heteroatoms. The van der Waals surface area contributed by atoms with Gasteiger partial charge < -0.3 is 10.0 Å². The zero-order valence-corrected chi connectivity index (χ0v) is 9.56. The third kappa shape index (κ3) is 2.79. The second-order valence-electron chi connectivity index (χ2n) is 4.10. The maximum absolute atomic E-state index is 10.8. The van der Waals surface area contributed by atoms with Crippen molar-refractivity contribution in [3.8, 4) is 0 Å². The van der Waals surface area contributed by atoms with Gasteiger partial charge in [0.2, 0.25) is 0 Å². The van der Waals surface area contributed by atoms with E-state index in [-0.39, 0.29) is 11.7 Å². The van der Waals surface area contributed by atoms with Gasteiger partial charge in [-0.3, -0.25) is 4.68 Å². The van der Waals surface area contributed by atoms with Gasteiger partial charge in [0.25, 0.3) is 0 Å². The number of nitrogens with zero attached hydrogens (tertiary/aromatic N) is 3. The Labute approximate surface area is 89.3 Å². The summed E-state index contributed by atoms with van der Waals surface area (Å²) in [5.74, 6) is -0.977. The first-order valence-corrected chi connectivity index (χ1v) is 4.88. The van der Waals surface area contributed by atoms with E-state index >= 15 is 0 Å². The Hall–Kier alpha value is -1.36. The summed E-state index contributed by atoms with van der Waals surface area (Å²) in [5.41, 5.74) is 1.04. The van der Waals surface area contributed by atoms with Gasteiger partial charge in [-0.1, -0.05) is 0 Å². The van der Waals surface area contributed by atoms with Crippen molar-refractivity contribution < 1.29 is 9.90 Å². The molecule has 1 aromatic rings. The van der Waals surface area contributed by atoms with Crippen LogP contribution in [0.2, 0.25) is 0 Å². The summed E-state index contributed by atoms with van der Waals surface area (Å²) in [7, 11) is 3.89. The number of carbonyl (C=O) groups is 1. The molecule has 0 radical (unpaired) electrons. The summed E-state index contributed by atoms with van der Waals surface area (Å²) in [6.07, 6.45) is 0. The molecule has 0 saturated heterocycles. The molecule has 1 N–H and O–H groups in total. The molecule has 1 aromatic heterocycles. The van der Waals surface area contributed by atoms with Crippen molar-refractivity contribution >= 4 is 5.97 Å². The van der Waals surface area contributed by atoms with Crippen LogP contribution >= 0.6 is 0 Å². The molecule has 0 aliphatic carbocycles. The highest BCUT2D eigenvalue weighted by atomic mass is 16.4. The van der Waals surface area contributed by atoms with Crippen molar-refractivity contribution in [1.82, 2.24) is 14.7 Å². The van der Waals surface area contributed by atoms with Crippen LogP contribution in [0.3, 0.4) is 0 Å². The van der Waals surface area contributed by atoms with Gasteiger partial charge in [0, 0.05) is 12.6 Å². The smallest absolute Gasteiger partial charge is 0.356 e. The Morgan fingerprint density at radius 3 is 2.60 bits per heavy atom. The Balaban J connectivity index is 3.06. The lowest BCUT2D eigenvalue weighted by atomic mass is 10.3. The first kappa shape index (κ1) is 11.7. The summed E-state index contributed by atoms with van der Waals surface area (Å²) in [4.78, 5) is 12.8. The van der Waals surface area contributed by atoms with E-state index in [9.17, 15) is 4.79 Å². The quantitative estimate of drug-likeness (QED) is 0.813. The standard InChI is InChI=1S/C10H17N3O2/c1-7(2)13-8(6-12(3)4)5-9(11-13)10(14)15/h5,7H,6H2,1-4H3,(H,14,15). The molecule has 5 nitrogen and oxygen atoms in total. The van der Waals surface area contributed by atoms with Crippen molar-refractivity contribution in [3.05, 3.63) is 17.5 Å². The van der Waals surface area contributed by atoms with Gasteiger partial charge in [-0.25, -0.2) is 4.79 Å². The number of hydrogen-bond acceptors (Lipinski definition) is 3. The zero-order valence-electron chi connectivity index (χ0n) is 9.56. The van der Waals surface area contributed by atoms with Crippen LogP contribution in [0.1, 0.15) is 36.1 Å². The highest BCUT2D eigenvalue weighted by Gasteiger charge is 2.15. The van der Waals surface area contributed by atoms with E-state index in [0.717, 1.165) is 5.69 Å². The lowest BCUT2D eigenvalue weighted by Gasteiger charge is -2.14. The SMILES string of the molecule is CC(C)n1nc(C(=O)O)cc1CN(C)C. The summed E-state index contributed by atoms with van der Waals surface area (Å²) in [5, 5.41) is 12.9. The molecular weight excluding hydrogens is 194 g/mol. The number of carboxylic acids is 1. The van der Waals surface area contributed by atoms with Gasteiger partial charge in [0.1, 0.15) is 0 Å². The van der Waals surface area contributed by atoms with Gasteiger partial charge in [-0.15, -0.1) is 0 Å². The fourth-order valence-electron chi connectivity index (χ4n) is 1.43. The summed E-state index contributed by atoms with van der Waals surface area (Å²) in [6.45, 7) is 4.66. The minimum absolute atomic E-state index is 0.112. The number of carboxylic acid groups (broad SMARTS) is 1. The summed E-state index contributed by atoms with van der Waals surface area (Å²) >= 11 is 0. The molecule has 0 atom stereocenters. The maximum Gasteiger partial charge on any atom is 0.356 e. The molecule has 84 valence electrons. The lowest BCUT2D eigenvalue weighted by Crippen LogP contribution is -2.16. The summed E-state index contributed by atoms with van der Waals surface area (Å²) < 4.78 is 1.75. The molecule has 0 aromatic carbocycles. The highest BCUT2D eigenvalue weighted by molar-refractivity contribution is 5.85. The van der Waals surface area contributed by atoms with Gasteiger partial charge >= 0.3 is 5.97 Å². The van der Waals surface area contributed by atoms with Crippen molar-refractivity contribution in [3.63, 3.8) is 0 Å². The Morgan fingerprint density at radius 1 is 1.60 bits per heavy atom. The average Bonchev–Trinajstić information content (AvgIpc) is 2.46. The molecule has 0 aliphatic heterocycles. The topological polar surface area (TPSA) is 58.4 Å². The van der Waals surface area contributed by atoms with Gasteiger partial charge in [0.15, 0.2) is 5.69 Å². The van der Waals surface area contributed by atoms with Crippen molar-refractivity contribution in [1.29, 1.82) is 0 Å². The molecule has 0 bridgehead atoms. The van der Waals surface area contributed by atoms with Gasteiger partial charge in [-0.2, -0.15) is 5.10 Å². The molecular formula is C10H17N3O2. The predicted octanol–water partition coefficient (Wildman–Crippen LogP) is 1.22. The molecule has 15 heavy (non-hydrogen) atoms. The van der Waals surface area contributed by atoms with Crippen LogP contribution in [-0.4, -0.2) is 39.9 Å². The van der Waals surface area contributed by atoms with Crippen molar-refractivity contribution in [2.75, 3.05) is 14.1 Å². The maximum atomic E-state index is 10.8. The van der Waals surface area contributed by atoms with Crippen LogP contribution < -0.4 is 0 Å². The fourth-order valence-corrected chi connectivity index (χ4v) is 1.43. The van der Waals surface area contributed by atoms with Crippen LogP contribution in [0.5, 0.6) is 0 Å². The Morgan fingerprint density at radius 2 is 2.20 bits per heavy atom. The fraction of sp³-hybridized carbons (Fsp3) is 0.600.